The molecule has 0 bridgehead atoms. The van der Waals surface area contributed by atoms with E-state index < -0.39 is 36.4 Å². The third kappa shape index (κ3) is 7.07. The lowest BCUT2D eigenvalue weighted by Crippen LogP contribution is -2.55. The molecule has 0 aliphatic carbocycles. The molecule has 2 heterocycles. The lowest BCUT2D eigenvalue weighted by Gasteiger charge is -2.29. The summed E-state index contributed by atoms with van der Waals surface area (Å²) in [5, 5.41) is 41.6. The first-order valence-corrected chi connectivity index (χ1v) is 12.7. The summed E-state index contributed by atoms with van der Waals surface area (Å²) in [5.41, 5.74) is 7.50. The number of carbonyl (C=O) groups excluding carboxylic acids is 2. The number of aliphatic hydroxyl groups excluding tert-OH is 3. The molecule has 2 aromatic rings. The Morgan fingerprint density at radius 1 is 1.30 bits per heavy atom. The van der Waals surface area contributed by atoms with Crippen LogP contribution in [0.2, 0.25) is 0 Å². The maximum atomic E-state index is 13.3. The van der Waals surface area contributed by atoms with E-state index in [2.05, 4.69) is 15.5 Å². The molecule has 0 spiro atoms. The van der Waals surface area contributed by atoms with Gasteiger partial charge in [-0.05, 0) is 42.9 Å². The van der Waals surface area contributed by atoms with Crippen LogP contribution in [0.4, 0.5) is 5.82 Å². The Bertz CT molecular complexity index is 1090. The van der Waals surface area contributed by atoms with Crippen molar-refractivity contribution >= 4 is 28.5 Å². The number of hydrogen-bond donors (Lipinski definition) is 6. The van der Waals surface area contributed by atoms with Crippen molar-refractivity contribution in [1.29, 1.82) is 0 Å². The van der Waals surface area contributed by atoms with Crippen LogP contribution in [0, 0.1) is 5.92 Å². The van der Waals surface area contributed by atoms with Gasteiger partial charge in [0.1, 0.15) is 24.4 Å². The van der Waals surface area contributed by atoms with Crippen molar-refractivity contribution < 1.29 is 29.6 Å². The Kier molecular flexibility index (Phi) is 10.0. The predicted octanol–water partition coefficient (Wildman–Crippen LogP) is 0.842. The Labute approximate surface area is 216 Å². The molecule has 11 nitrogen and oxygen atoms in total. The highest BCUT2D eigenvalue weighted by atomic mass is 16.5. The minimum Gasteiger partial charge on any atom is -0.387 e. The molecule has 11 heteroatoms. The van der Waals surface area contributed by atoms with Gasteiger partial charge < -0.3 is 36.0 Å². The number of likely N-dealkylation sites (tertiary alicyclic amines) is 1. The van der Waals surface area contributed by atoms with Crippen molar-refractivity contribution in [3.63, 3.8) is 0 Å². The number of fused-ring (bicyclic) bond motifs is 1. The number of aromatic amines is 1. The number of benzene rings is 1. The monoisotopic (exact) mass is 517 g/mol. The summed E-state index contributed by atoms with van der Waals surface area (Å²) >= 11 is 0. The quantitative estimate of drug-likeness (QED) is 0.238. The van der Waals surface area contributed by atoms with Crippen LogP contribution in [0.5, 0.6) is 0 Å². The number of aliphatic hydroxyl groups is 3. The van der Waals surface area contributed by atoms with Gasteiger partial charge in [-0.2, -0.15) is 5.10 Å². The van der Waals surface area contributed by atoms with Crippen molar-refractivity contribution in [3.05, 3.63) is 35.9 Å². The Morgan fingerprint density at radius 2 is 2.05 bits per heavy atom. The van der Waals surface area contributed by atoms with Crippen LogP contribution in [-0.2, 0) is 20.9 Å². The summed E-state index contributed by atoms with van der Waals surface area (Å²) < 4.78 is 5.16. The van der Waals surface area contributed by atoms with Gasteiger partial charge in [0.15, 0.2) is 11.9 Å². The number of rotatable bonds is 11. The number of carbonyl (C=O) groups is 2. The van der Waals surface area contributed by atoms with Crippen LogP contribution in [0.25, 0.3) is 10.9 Å². The largest absolute Gasteiger partial charge is 0.387 e. The summed E-state index contributed by atoms with van der Waals surface area (Å²) in [6, 6.07) is 4.83. The van der Waals surface area contributed by atoms with E-state index in [9.17, 15) is 24.9 Å². The minimum absolute atomic E-state index is 0.184. The molecule has 6 atom stereocenters. The number of hydrogen-bond acceptors (Lipinski definition) is 8. The fraction of sp³-hybridized carbons (Fsp3) is 0.577. The van der Waals surface area contributed by atoms with Crippen LogP contribution in [0.15, 0.2) is 30.4 Å². The third-order valence-electron chi connectivity index (χ3n) is 6.93. The van der Waals surface area contributed by atoms with E-state index in [-0.39, 0.29) is 11.8 Å². The molecule has 1 aromatic heterocycles. The van der Waals surface area contributed by atoms with Crippen LogP contribution in [0.1, 0.15) is 45.1 Å². The Balaban J connectivity index is 1.66. The molecule has 204 valence electrons. The zero-order valence-electron chi connectivity index (χ0n) is 21.6. The molecule has 1 aliphatic heterocycles. The van der Waals surface area contributed by atoms with Gasteiger partial charge in [-0.1, -0.05) is 38.5 Å². The van der Waals surface area contributed by atoms with Crippen molar-refractivity contribution in [1.82, 2.24) is 20.4 Å². The second-order valence-electron chi connectivity index (χ2n) is 9.70. The van der Waals surface area contributed by atoms with Crippen molar-refractivity contribution in [2.24, 2.45) is 5.92 Å². The van der Waals surface area contributed by atoms with Crippen molar-refractivity contribution in [2.75, 3.05) is 19.4 Å². The summed E-state index contributed by atoms with van der Waals surface area (Å²) in [4.78, 5) is 28.0. The number of allylic oxidation sites excluding steroid dienone is 1. The van der Waals surface area contributed by atoms with Gasteiger partial charge in [0.25, 0.3) is 5.91 Å². The summed E-state index contributed by atoms with van der Waals surface area (Å²) in [6.45, 7) is 4.83. The number of nitrogens with zero attached hydrogens (tertiary/aromatic N) is 2. The molecule has 1 fully saturated rings. The van der Waals surface area contributed by atoms with Gasteiger partial charge >= 0.3 is 0 Å². The maximum Gasteiger partial charge on any atom is 0.252 e. The normalized spacial score (nSPS) is 21.0. The lowest BCUT2D eigenvalue weighted by molar-refractivity contribution is -0.151. The molecule has 7 N–H and O–H groups in total. The highest BCUT2D eigenvalue weighted by Gasteiger charge is 2.37. The maximum absolute atomic E-state index is 13.3. The van der Waals surface area contributed by atoms with E-state index in [4.69, 9.17) is 10.5 Å². The van der Waals surface area contributed by atoms with Gasteiger partial charge in [-0.25, -0.2) is 0 Å². The second kappa shape index (κ2) is 13.0. The smallest absolute Gasteiger partial charge is 0.252 e. The highest BCUT2D eigenvalue weighted by Crippen LogP contribution is 2.22. The topological polar surface area (TPSA) is 174 Å². The number of anilines is 1. The first kappa shape index (κ1) is 28.6. The molecule has 0 radical (unpaired) electrons. The lowest BCUT2D eigenvalue weighted by atomic mass is 9.99. The number of methoxy groups -OCH3 is 1. The predicted molar refractivity (Wildman–Crippen MR) is 139 cm³/mol. The number of ether oxygens (including phenoxy) is 1. The molecule has 2 unspecified atom stereocenters. The molecule has 0 saturated carbocycles. The van der Waals surface area contributed by atoms with Crippen molar-refractivity contribution in [2.45, 2.75) is 76.5 Å². The van der Waals surface area contributed by atoms with Gasteiger partial charge in [-0.15, -0.1) is 0 Å². The molecular weight excluding hydrogens is 478 g/mol. The van der Waals surface area contributed by atoms with Gasteiger partial charge in [0, 0.05) is 25.6 Å². The molecule has 37 heavy (non-hydrogen) atoms. The van der Waals surface area contributed by atoms with Crippen molar-refractivity contribution in [3.8, 4) is 0 Å². The van der Waals surface area contributed by atoms with Crippen LogP contribution in [0.3, 0.4) is 0 Å². The van der Waals surface area contributed by atoms with E-state index in [0.29, 0.717) is 25.3 Å². The summed E-state index contributed by atoms with van der Waals surface area (Å²) in [5.74, 6) is -0.378. The molecule has 1 aliphatic rings. The molecule has 1 saturated heterocycles. The van der Waals surface area contributed by atoms with Crippen LogP contribution >= 0.6 is 0 Å². The Morgan fingerprint density at radius 3 is 2.76 bits per heavy atom. The van der Waals surface area contributed by atoms with E-state index >= 15 is 0 Å². The fourth-order valence-electron chi connectivity index (χ4n) is 4.39. The highest BCUT2D eigenvalue weighted by molar-refractivity contribution is 5.90. The SMILES string of the molecule is CCC(C)C=C[C@@H](O)[C@H](O)[C@@H](O)[C@@H](OC)C(=O)NC1CCCCN(Cc2ccc3c(N)n[nH]c3c2)C1=O. The van der Waals surface area contributed by atoms with Gasteiger partial charge in [0.2, 0.25) is 5.91 Å². The average Bonchev–Trinajstić information content (AvgIpc) is 3.18. The van der Waals surface area contributed by atoms with Crippen LogP contribution < -0.4 is 11.1 Å². The zero-order chi connectivity index (χ0) is 27.1. The number of aromatic nitrogens is 2. The first-order chi connectivity index (χ1) is 17.7. The standard InChI is InChI=1S/C26H39N5O6/c1-4-15(2)8-11-20(32)21(33)22(34)23(37-3)25(35)28-18-7-5-6-12-31(26(18)36)14-16-9-10-17-19(13-16)29-30-24(17)27/h8-11,13,15,18,20-23,32-34H,4-7,12,14H2,1-3H3,(H,28,35)(H3,27,29,30)/t15?,18?,20-,21+,22-,23-/m1/s1. The summed E-state index contributed by atoms with van der Waals surface area (Å²) in [7, 11) is 1.22. The third-order valence-corrected chi connectivity index (χ3v) is 6.93. The molecule has 1 aromatic carbocycles. The second-order valence-corrected chi connectivity index (χ2v) is 9.70. The van der Waals surface area contributed by atoms with E-state index in [1.807, 2.05) is 32.0 Å². The van der Waals surface area contributed by atoms with Crippen LogP contribution in [-0.4, -0.2) is 86.3 Å². The average molecular weight is 518 g/mol. The zero-order valence-corrected chi connectivity index (χ0v) is 21.6. The van der Waals surface area contributed by atoms with Gasteiger partial charge in [0.05, 0.1) is 5.52 Å². The van der Waals surface area contributed by atoms with E-state index in [1.165, 1.54) is 13.2 Å². The van der Waals surface area contributed by atoms with E-state index in [0.717, 1.165) is 35.7 Å². The number of nitrogens with two attached hydrogens (primary N) is 1. The molecule has 2 amide bonds. The minimum atomic E-state index is -1.70. The molecular formula is C26H39N5O6. The number of amides is 2. The van der Waals surface area contributed by atoms with E-state index in [1.54, 1.807) is 11.0 Å². The Hall–Kier alpha value is -2.99. The number of H-pyrrole nitrogens is 1. The fourth-order valence-corrected chi connectivity index (χ4v) is 4.39. The van der Waals surface area contributed by atoms with Gasteiger partial charge in [-0.3, -0.25) is 14.7 Å². The number of nitrogen functional groups attached to an aromatic ring is 1. The molecule has 3 rings (SSSR count). The summed E-state index contributed by atoms with van der Waals surface area (Å²) in [6.07, 6.45) is -0.278. The number of nitrogens with one attached hydrogen (secondary N) is 2. The first-order valence-electron chi connectivity index (χ1n) is 12.7.